The lowest BCUT2D eigenvalue weighted by atomic mass is 9.84. The van der Waals surface area contributed by atoms with Crippen LogP contribution in [0.1, 0.15) is 75.7 Å². The Kier molecular flexibility index (Phi) is 8.27. The number of ether oxygens (including phenoxy) is 1. The van der Waals surface area contributed by atoms with E-state index in [9.17, 15) is 9.59 Å². The molecule has 0 aliphatic carbocycles. The monoisotopic (exact) mass is 342 g/mol. The maximum atomic E-state index is 12.7. The fourth-order valence-corrected chi connectivity index (χ4v) is 2.36. The first kappa shape index (κ1) is 22.7. The van der Waals surface area contributed by atoms with Crippen LogP contribution in [0.2, 0.25) is 0 Å². The predicted molar refractivity (Wildman–Crippen MR) is 98.8 cm³/mol. The minimum absolute atomic E-state index is 0.0278. The highest BCUT2D eigenvalue weighted by Gasteiger charge is 2.30. The molecule has 0 aromatic carbocycles. The topological polar surface area (TPSA) is 67.4 Å². The van der Waals surface area contributed by atoms with E-state index in [1.54, 1.807) is 20.8 Å². The van der Waals surface area contributed by atoms with Crippen LogP contribution in [-0.4, -0.2) is 29.7 Å². The third-order valence-corrected chi connectivity index (χ3v) is 3.59. The largest absolute Gasteiger partial charge is 0.444 e. The standard InChI is InChI=1S/C19H38N2O3/c1-12(2)14(11-18(5,6)7)20-16(22)15(13(3)4)21-17(23)24-19(8,9)10/h12-15H,11H2,1-10H3,(H,20,22)(H,21,23). The van der Waals surface area contributed by atoms with Crippen molar-refractivity contribution < 1.29 is 14.3 Å². The molecule has 24 heavy (non-hydrogen) atoms. The van der Waals surface area contributed by atoms with E-state index in [-0.39, 0.29) is 23.3 Å². The smallest absolute Gasteiger partial charge is 0.408 e. The highest BCUT2D eigenvalue weighted by Crippen LogP contribution is 2.24. The van der Waals surface area contributed by atoms with Crippen LogP contribution in [0.25, 0.3) is 0 Å². The van der Waals surface area contributed by atoms with Gasteiger partial charge < -0.3 is 15.4 Å². The Bertz CT molecular complexity index is 417. The lowest BCUT2D eigenvalue weighted by Crippen LogP contribution is -2.54. The molecule has 2 amide bonds. The summed E-state index contributed by atoms with van der Waals surface area (Å²) in [6, 6.07) is -0.541. The lowest BCUT2D eigenvalue weighted by Gasteiger charge is -2.32. The molecule has 0 saturated carbocycles. The minimum Gasteiger partial charge on any atom is -0.444 e. The average molecular weight is 343 g/mol. The molecule has 0 heterocycles. The zero-order chi connectivity index (χ0) is 19.3. The van der Waals surface area contributed by atoms with Crippen molar-refractivity contribution in [2.75, 3.05) is 0 Å². The molecule has 142 valence electrons. The molecule has 5 heteroatoms. The van der Waals surface area contributed by atoms with Crippen molar-refractivity contribution in [2.24, 2.45) is 17.3 Å². The molecule has 5 nitrogen and oxygen atoms in total. The Morgan fingerprint density at radius 1 is 0.875 bits per heavy atom. The number of carbonyl (C=O) groups is 2. The van der Waals surface area contributed by atoms with Gasteiger partial charge in [0.15, 0.2) is 0 Å². The molecular weight excluding hydrogens is 304 g/mol. The second-order valence-electron chi connectivity index (χ2n) is 9.49. The van der Waals surface area contributed by atoms with E-state index >= 15 is 0 Å². The zero-order valence-corrected chi connectivity index (χ0v) is 17.2. The summed E-state index contributed by atoms with van der Waals surface area (Å²) in [7, 11) is 0. The normalized spacial score (nSPS) is 15.2. The van der Waals surface area contributed by atoms with Gasteiger partial charge in [0, 0.05) is 6.04 Å². The fraction of sp³-hybridized carbons (Fsp3) is 0.895. The first-order chi connectivity index (χ1) is 10.6. The van der Waals surface area contributed by atoms with Gasteiger partial charge in [-0.25, -0.2) is 4.79 Å². The maximum absolute atomic E-state index is 12.7. The second kappa shape index (κ2) is 8.72. The van der Waals surface area contributed by atoms with E-state index in [0.717, 1.165) is 6.42 Å². The van der Waals surface area contributed by atoms with Crippen molar-refractivity contribution >= 4 is 12.0 Å². The molecule has 0 radical (unpaired) electrons. The number of rotatable bonds is 6. The van der Waals surface area contributed by atoms with Crippen molar-refractivity contribution in [1.29, 1.82) is 0 Å². The van der Waals surface area contributed by atoms with Crippen molar-refractivity contribution in [3.05, 3.63) is 0 Å². The molecule has 0 aromatic rings. The van der Waals surface area contributed by atoms with Crippen molar-refractivity contribution in [1.82, 2.24) is 10.6 Å². The van der Waals surface area contributed by atoms with Crippen LogP contribution in [0.15, 0.2) is 0 Å². The van der Waals surface area contributed by atoms with Gasteiger partial charge in [-0.2, -0.15) is 0 Å². The molecule has 0 aliphatic heterocycles. The summed E-state index contributed by atoms with van der Waals surface area (Å²) in [4.78, 5) is 24.7. The van der Waals surface area contributed by atoms with Crippen molar-refractivity contribution in [2.45, 2.75) is 93.3 Å². The van der Waals surface area contributed by atoms with Crippen LogP contribution in [-0.2, 0) is 9.53 Å². The summed E-state index contributed by atoms with van der Waals surface area (Å²) in [5, 5.41) is 5.82. The van der Waals surface area contributed by atoms with Gasteiger partial charge >= 0.3 is 6.09 Å². The Hall–Kier alpha value is -1.26. The summed E-state index contributed by atoms with van der Waals surface area (Å²) in [5.41, 5.74) is -0.469. The third kappa shape index (κ3) is 9.78. The molecule has 2 unspecified atom stereocenters. The third-order valence-electron chi connectivity index (χ3n) is 3.59. The van der Waals surface area contributed by atoms with E-state index < -0.39 is 17.7 Å². The van der Waals surface area contributed by atoms with Crippen molar-refractivity contribution in [3.63, 3.8) is 0 Å². The molecule has 0 spiro atoms. The summed E-state index contributed by atoms with van der Waals surface area (Å²) in [6.45, 7) is 19.9. The van der Waals surface area contributed by atoms with Crippen LogP contribution >= 0.6 is 0 Å². The van der Waals surface area contributed by atoms with Crippen LogP contribution in [0, 0.1) is 17.3 Å². The minimum atomic E-state index is -0.610. The van der Waals surface area contributed by atoms with Gasteiger partial charge in [0.05, 0.1) is 0 Å². The molecule has 0 rings (SSSR count). The summed E-state index contributed by atoms with van der Waals surface area (Å²) in [5.74, 6) is 0.140. The predicted octanol–water partition coefficient (Wildman–Crippen LogP) is 4.11. The van der Waals surface area contributed by atoms with Crippen LogP contribution < -0.4 is 10.6 Å². The molecule has 0 fully saturated rings. The lowest BCUT2D eigenvalue weighted by molar-refractivity contribution is -0.125. The average Bonchev–Trinajstić information content (AvgIpc) is 2.30. The van der Waals surface area contributed by atoms with Crippen LogP contribution in [0.5, 0.6) is 0 Å². The fourth-order valence-electron chi connectivity index (χ4n) is 2.36. The van der Waals surface area contributed by atoms with E-state index in [4.69, 9.17) is 4.74 Å². The van der Waals surface area contributed by atoms with E-state index in [1.165, 1.54) is 0 Å². The van der Waals surface area contributed by atoms with E-state index in [1.807, 2.05) is 13.8 Å². The molecule has 0 saturated heterocycles. The Morgan fingerprint density at radius 2 is 1.38 bits per heavy atom. The highest BCUT2D eigenvalue weighted by molar-refractivity contribution is 5.86. The highest BCUT2D eigenvalue weighted by atomic mass is 16.6. The molecule has 0 aromatic heterocycles. The Labute approximate surface area is 148 Å². The van der Waals surface area contributed by atoms with Gasteiger partial charge in [-0.1, -0.05) is 48.5 Å². The second-order valence-corrected chi connectivity index (χ2v) is 9.49. The molecule has 0 aliphatic rings. The summed E-state index contributed by atoms with van der Waals surface area (Å²) in [6.07, 6.45) is 0.321. The molecule has 0 bridgehead atoms. The quantitative estimate of drug-likeness (QED) is 0.763. The maximum Gasteiger partial charge on any atom is 0.408 e. The van der Waals surface area contributed by atoms with Gasteiger partial charge in [-0.15, -0.1) is 0 Å². The number of carbonyl (C=O) groups excluding carboxylic acids is 2. The van der Waals surface area contributed by atoms with Gasteiger partial charge in [0.2, 0.25) is 5.91 Å². The van der Waals surface area contributed by atoms with Crippen LogP contribution in [0.4, 0.5) is 4.79 Å². The molecular formula is C19H38N2O3. The summed E-state index contributed by atoms with van der Waals surface area (Å²) >= 11 is 0. The number of amides is 2. The first-order valence-electron chi connectivity index (χ1n) is 8.92. The van der Waals surface area contributed by atoms with E-state index in [2.05, 4.69) is 45.3 Å². The molecule has 2 atom stereocenters. The van der Waals surface area contributed by atoms with Gasteiger partial charge in [-0.3, -0.25) is 4.79 Å². The number of hydrogen-bond acceptors (Lipinski definition) is 3. The van der Waals surface area contributed by atoms with Crippen molar-refractivity contribution in [3.8, 4) is 0 Å². The van der Waals surface area contributed by atoms with Gasteiger partial charge in [0.25, 0.3) is 0 Å². The summed E-state index contributed by atoms with van der Waals surface area (Å²) < 4.78 is 5.27. The molecule has 2 N–H and O–H groups in total. The zero-order valence-electron chi connectivity index (χ0n) is 17.2. The SMILES string of the molecule is CC(C)C(CC(C)(C)C)NC(=O)C(NC(=O)OC(C)(C)C)C(C)C. The Balaban J connectivity index is 4.98. The number of alkyl carbamates (subject to hydrolysis) is 1. The number of hydrogen-bond donors (Lipinski definition) is 2. The Morgan fingerprint density at radius 3 is 1.71 bits per heavy atom. The van der Waals surface area contributed by atoms with Crippen LogP contribution in [0.3, 0.4) is 0 Å². The first-order valence-corrected chi connectivity index (χ1v) is 8.92. The van der Waals surface area contributed by atoms with Gasteiger partial charge in [-0.05, 0) is 44.4 Å². The van der Waals surface area contributed by atoms with E-state index in [0.29, 0.717) is 5.92 Å². The number of nitrogens with one attached hydrogen (secondary N) is 2. The van der Waals surface area contributed by atoms with Gasteiger partial charge in [0.1, 0.15) is 11.6 Å².